The highest BCUT2D eigenvalue weighted by molar-refractivity contribution is 5.85. The molecular formula is C17H23ClN4O2. The molecule has 6 nitrogen and oxygen atoms in total. The fraction of sp³-hybridized carbons (Fsp3) is 0.529. The minimum atomic E-state index is 0. The molecule has 2 aliphatic rings. The van der Waals surface area contributed by atoms with E-state index in [2.05, 4.69) is 20.4 Å². The van der Waals surface area contributed by atoms with Crippen LogP contribution in [0.1, 0.15) is 18.7 Å². The maximum atomic E-state index is 5.44. The van der Waals surface area contributed by atoms with E-state index in [1.165, 1.54) is 12.8 Å². The van der Waals surface area contributed by atoms with Gasteiger partial charge in [0, 0.05) is 24.7 Å². The average molecular weight is 351 g/mol. The molecule has 3 heterocycles. The third kappa shape index (κ3) is 3.55. The molecule has 2 unspecified atom stereocenters. The zero-order valence-electron chi connectivity index (χ0n) is 13.8. The molecule has 1 aromatic heterocycles. The highest BCUT2D eigenvalue weighted by Crippen LogP contribution is 2.26. The second-order valence-electron chi connectivity index (χ2n) is 6.37. The van der Waals surface area contributed by atoms with Crippen LogP contribution >= 0.6 is 12.4 Å². The Morgan fingerprint density at radius 3 is 2.92 bits per heavy atom. The lowest BCUT2D eigenvalue weighted by Crippen LogP contribution is -2.43. The molecule has 2 atom stereocenters. The number of halogens is 1. The summed E-state index contributed by atoms with van der Waals surface area (Å²) < 4.78 is 10.6. The number of aromatic nitrogens is 2. The summed E-state index contributed by atoms with van der Waals surface area (Å²) in [5.74, 6) is 2.93. The topological polar surface area (TPSA) is 63.4 Å². The first-order valence-electron chi connectivity index (χ1n) is 8.24. The van der Waals surface area contributed by atoms with Crippen molar-refractivity contribution in [2.45, 2.75) is 25.4 Å². The van der Waals surface area contributed by atoms with Gasteiger partial charge in [0.15, 0.2) is 0 Å². The van der Waals surface area contributed by atoms with Crippen molar-refractivity contribution in [2.75, 3.05) is 26.7 Å². The summed E-state index contributed by atoms with van der Waals surface area (Å²) in [7, 11) is 1.66. The summed E-state index contributed by atoms with van der Waals surface area (Å²) >= 11 is 0. The number of methoxy groups -OCH3 is 1. The van der Waals surface area contributed by atoms with E-state index < -0.39 is 0 Å². The molecule has 2 saturated heterocycles. The predicted octanol–water partition coefficient (Wildman–Crippen LogP) is 2.35. The van der Waals surface area contributed by atoms with Crippen LogP contribution in [0.2, 0.25) is 0 Å². The number of nitrogens with zero attached hydrogens (tertiary/aromatic N) is 3. The maximum Gasteiger partial charge on any atom is 0.241 e. The molecule has 2 fully saturated rings. The van der Waals surface area contributed by atoms with Gasteiger partial charge in [0.05, 0.1) is 13.7 Å². The largest absolute Gasteiger partial charge is 0.497 e. The molecule has 2 aromatic rings. The van der Waals surface area contributed by atoms with Crippen molar-refractivity contribution in [1.82, 2.24) is 20.4 Å². The summed E-state index contributed by atoms with van der Waals surface area (Å²) in [6.07, 6.45) is 2.49. The Morgan fingerprint density at radius 1 is 1.29 bits per heavy atom. The van der Waals surface area contributed by atoms with Crippen LogP contribution in [0.5, 0.6) is 5.75 Å². The number of hydrogen-bond acceptors (Lipinski definition) is 6. The standard InChI is InChI=1S/C17H22N4O2.ClH/c1-22-14-4-2-12(3-5-14)17-19-16(23-20-17)11-21-9-7-15-13(10-21)6-8-18-15;/h2-5,13,15,18H,6-11H2,1H3;1H. The van der Waals surface area contributed by atoms with E-state index >= 15 is 0 Å². The van der Waals surface area contributed by atoms with Gasteiger partial charge in [-0.3, -0.25) is 4.90 Å². The van der Waals surface area contributed by atoms with Gasteiger partial charge in [0.2, 0.25) is 11.7 Å². The molecule has 0 bridgehead atoms. The predicted molar refractivity (Wildman–Crippen MR) is 93.3 cm³/mol. The minimum Gasteiger partial charge on any atom is -0.497 e. The summed E-state index contributed by atoms with van der Waals surface area (Å²) in [5, 5.41) is 7.70. The van der Waals surface area contributed by atoms with E-state index in [0.29, 0.717) is 17.8 Å². The lowest BCUT2D eigenvalue weighted by molar-refractivity contribution is 0.140. The quantitative estimate of drug-likeness (QED) is 0.913. The van der Waals surface area contributed by atoms with Gasteiger partial charge in [-0.25, -0.2) is 0 Å². The van der Waals surface area contributed by atoms with E-state index in [1.54, 1.807) is 7.11 Å². The number of benzene rings is 1. The Balaban J connectivity index is 0.00000169. The monoisotopic (exact) mass is 350 g/mol. The summed E-state index contributed by atoms with van der Waals surface area (Å²) in [5.41, 5.74) is 0.944. The van der Waals surface area contributed by atoms with Gasteiger partial charge in [-0.2, -0.15) is 4.98 Å². The van der Waals surface area contributed by atoms with Crippen molar-refractivity contribution in [1.29, 1.82) is 0 Å². The number of ether oxygens (including phenoxy) is 1. The first kappa shape index (κ1) is 17.2. The van der Waals surface area contributed by atoms with Crippen LogP contribution in [0.15, 0.2) is 28.8 Å². The molecule has 0 spiro atoms. The van der Waals surface area contributed by atoms with Gasteiger partial charge in [-0.05, 0) is 49.6 Å². The van der Waals surface area contributed by atoms with Crippen LogP contribution in [0.25, 0.3) is 11.4 Å². The smallest absolute Gasteiger partial charge is 0.241 e. The summed E-state index contributed by atoms with van der Waals surface area (Å²) in [4.78, 5) is 6.97. The zero-order valence-corrected chi connectivity index (χ0v) is 14.6. The molecule has 0 aliphatic carbocycles. The molecule has 7 heteroatoms. The van der Waals surface area contributed by atoms with E-state index in [9.17, 15) is 0 Å². The second kappa shape index (κ2) is 7.51. The SMILES string of the molecule is COc1ccc(-c2noc(CN3CCC4NCCC4C3)n2)cc1.Cl. The van der Waals surface area contributed by atoms with E-state index in [4.69, 9.17) is 9.26 Å². The van der Waals surface area contributed by atoms with Gasteiger partial charge in [0.25, 0.3) is 0 Å². The van der Waals surface area contributed by atoms with Crippen LogP contribution in [0.4, 0.5) is 0 Å². The number of nitrogens with one attached hydrogen (secondary N) is 1. The van der Waals surface area contributed by atoms with Crippen molar-refractivity contribution in [3.8, 4) is 17.1 Å². The molecule has 0 saturated carbocycles. The van der Waals surface area contributed by atoms with Gasteiger partial charge in [-0.15, -0.1) is 12.4 Å². The minimum absolute atomic E-state index is 0. The number of fused-ring (bicyclic) bond motifs is 1. The van der Waals surface area contributed by atoms with E-state index in [0.717, 1.165) is 43.4 Å². The molecule has 130 valence electrons. The van der Waals surface area contributed by atoms with Crippen molar-refractivity contribution in [3.63, 3.8) is 0 Å². The highest BCUT2D eigenvalue weighted by atomic mass is 35.5. The number of hydrogen-bond donors (Lipinski definition) is 1. The molecular weight excluding hydrogens is 328 g/mol. The number of piperidine rings is 1. The zero-order chi connectivity index (χ0) is 15.6. The number of likely N-dealkylation sites (tertiary alicyclic amines) is 1. The van der Waals surface area contributed by atoms with Crippen LogP contribution < -0.4 is 10.1 Å². The Bertz CT molecular complexity index is 661. The Hall–Kier alpha value is -1.63. The Kier molecular flexibility index (Phi) is 5.38. The van der Waals surface area contributed by atoms with E-state index in [-0.39, 0.29) is 12.4 Å². The molecule has 4 rings (SSSR count). The normalized spacial score (nSPS) is 23.5. The van der Waals surface area contributed by atoms with Crippen molar-refractivity contribution in [2.24, 2.45) is 5.92 Å². The van der Waals surface area contributed by atoms with Crippen molar-refractivity contribution in [3.05, 3.63) is 30.2 Å². The molecule has 1 N–H and O–H groups in total. The van der Waals surface area contributed by atoms with Gasteiger partial charge >= 0.3 is 0 Å². The van der Waals surface area contributed by atoms with Crippen LogP contribution in [-0.4, -0.2) is 47.8 Å². The lowest BCUT2D eigenvalue weighted by atomic mass is 9.93. The second-order valence-corrected chi connectivity index (χ2v) is 6.37. The first-order valence-corrected chi connectivity index (χ1v) is 8.24. The number of rotatable bonds is 4. The van der Waals surface area contributed by atoms with Crippen LogP contribution in [-0.2, 0) is 6.54 Å². The molecule has 0 amide bonds. The Labute approximate surface area is 148 Å². The van der Waals surface area contributed by atoms with Crippen LogP contribution in [0.3, 0.4) is 0 Å². The summed E-state index contributed by atoms with van der Waals surface area (Å²) in [6.45, 7) is 4.12. The fourth-order valence-corrected chi connectivity index (χ4v) is 3.63. The average Bonchev–Trinajstić information content (AvgIpc) is 3.24. The van der Waals surface area contributed by atoms with Crippen LogP contribution in [0, 0.1) is 5.92 Å². The lowest BCUT2D eigenvalue weighted by Gasteiger charge is -2.33. The van der Waals surface area contributed by atoms with Crippen molar-refractivity contribution >= 4 is 12.4 Å². The van der Waals surface area contributed by atoms with Gasteiger partial charge in [0.1, 0.15) is 5.75 Å². The molecule has 0 radical (unpaired) electrons. The third-order valence-electron chi connectivity index (χ3n) is 4.91. The fourth-order valence-electron chi connectivity index (χ4n) is 3.63. The first-order chi connectivity index (χ1) is 11.3. The van der Waals surface area contributed by atoms with Crippen molar-refractivity contribution < 1.29 is 9.26 Å². The third-order valence-corrected chi connectivity index (χ3v) is 4.91. The Morgan fingerprint density at radius 2 is 2.12 bits per heavy atom. The van der Waals surface area contributed by atoms with Gasteiger partial charge in [-0.1, -0.05) is 5.16 Å². The molecule has 24 heavy (non-hydrogen) atoms. The van der Waals surface area contributed by atoms with E-state index in [1.807, 2.05) is 24.3 Å². The summed E-state index contributed by atoms with van der Waals surface area (Å²) in [6, 6.07) is 8.42. The maximum absolute atomic E-state index is 5.44. The molecule has 2 aliphatic heterocycles. The molecule has 1 aromatic carbocycles. The van der Waals surface area contributed by atoms with Gasteiger partial charge < -0.3 is 14.6 Å². The highest BCUT2D eigenvalue weighted by Gasteiger charge is 2.32.